The SMILES string of the molecule is Cc1csc2nc(COC(=O)COc3ccccc3)cc(=O)n12. The van der Waals surface area contributed by atoms with Crippen LogP contribution in [0.25, 0.3) is 4.96 Å². The minimum absolute atomic E-state index is 0.0559. The van der Waals surface area contributed by atoms with E-state index in [1.54, 1.807) is 12.1 Å². The van der Waals surface area contributed by atoms with E-state index >= 15 is 0 Å². The summed E-state index contributed by atoms with van der Waals surface area (Å²) in [4.78, 5) is 28.6. The lowest BCUT2D eigenvalue weighted by atomic mass is 10.3. The first-order valence-corrected chi connectivity index (χ1v) is 7.82. The lowest BCUT2D eigenvalue weighted by molar-refractivity contribution is -0.147. The molecular weight excluding hydrogens is 316 g/mol. The number of hydrogen-bond acceptors (Lipinski definition) is 6. The van der Waals surface area contributed by atoms with Crippen molar-refractivity contribution in [3.8, 4) is 5.75 Å². The van der Waals surface area contributed by atoms with E-state index < -0.39 is 5.97 Å². The predicted octanol–water partition coefficient (Wildman–Crippen LogP) is 2.19. The van der Waals surface area contributed by atoms with Crippen molar-refractivity contribution in [3.63, 3.8) is 0 Å². The van der Waals surface area contributed by atoms with Gasteiger partial charge in [-0.2, -0.15) is 0 Å². The largest absolute Gasteiger partial charge is 0.482 e. The maximum absolute atomic E-state index is 12.0. The summed E-state index contributed by atoms with van der Waals surface area (Å²) >= 11 is 1.37. The molecule has 0 saturated carbocycles. The predicted molar refractivity (Wildman–Crippen MR) is 85.8 cm³/mol. The number of ether oxygens (including phenoxy) is 2. The zero-order valence-electron chi connectivity index (χ0n) is 12.4. The molecule has 0 unspecified atom stereocenters. The highest BCUT2D eigenvalue weighted by Crippen LogP contribution is 2.12. The van der Waals surface area contributed by atoms with Crippen molar-refractivity contribution in [1.82, 2.24) is 9.38 Å². The normalized spacial score (nSPS) is 10.7. The lowest BCUT2D eigenvalue weighted by Gasteiger charge is -2.06. The Morgan fingerprint density at radius 1 is 1.30 bits per heavy atom. The maximum atomic E-state index is 12.0. The number of nitrogens with zero attached hydrogens (tertiary/aromatic N) is 2. The summed E-state index contributed by atoms with van der Waals surface area (Å²) in [6, 6.07) is 10.4. The van der Waals surface area contributed by atoms with E-state index in [0.29, 0.717) is 16.4 Å². The molecule has 0 radical (unpaired) electrons. The molecule has 3 rings (SSSR count). The molecule has 6 nitrogen and oxygen atoms in total. The average Bonchev–Trinajstić information content (AvgIpc) is 2.93. The highest BCUT2D eigenvalue weighted by atomic mass is 32.1. The summed E-state index contributed by atoms with van der Waals surface area (Å²) in [6.07, 6.45) is 0. The van der Waals surface area contributed by atoms with Gasteiger partial charge in [0.2, 0.25) is 0 Å². The first-order valence-electron chi connectivity index (χ1n) is 6.94. The molecular formula is C16H14N2O4S. The number of thiazole rings is 1. The number of carbonyl (C=O) groups excluding carboxylic acids is 1. The van der Waals surface area contributed by atoms with Gasteiger partial charge in [-0.05, 0) is 19.1 Å². The monoisotopic (exact) mass is 330 g/mol. The molecule has 1 aromatic carbocycles. The average molecular weight is 330 g/mol. The Labute approximate surface area is 135 Å². The summed E-state index contributed by atoms with van der Waals surface area (Å²) in [5, 5.41) is 1.85. The van der Waals surface area contributed by atoms with Gasteiger partial charge in [0.25, 0.3) is 5.56 Å². The lowest BCUT2D eigenvalue weighted by Crippen LogP contribution is -2.18. The van der Waals surface area contributed by atoms with Gasteiger partial charge in [0.05, 0.1) is 5.69 Å². The Morgan fingerprint density at radius 2 is 2.09 bits per heavy atom. The fourth-order valence-electron chi connectivity index (χ4n) is 2.03. The molecule has 118 valence electrons. The number of aromatic nitrogens is 2. The number of hydrogen-bond donors (Lipinski definition) is 0. The van der Waals surface area contributed by atoms with Crippen LogP contribution in [0.15, 0.2) is 46.6 Å². The molecule has 0 spiro atoms. The number of carbonyl (C=O) groups is 1. The molecule has 0 saturated heterocycles. The molecule has 0 aliphatic carbocycles. The Hall–Kier alpha value is -2.67. The van der Waals surface area contributed by atoms with Crippen molar-refractivity contribution >= 4 is 22.3 Å². The molecule has 7 heteroatoms. The van der Waals surface area contributed by atoms with E-state index in [-0.39, 0.29) is 18.8 Å². The quantitative estimate of drug-likeness (QED) is 0.671. The number of fused-ring (bicyclic) bond motifs is 1. The number of rotatable bonds is 5. The Morgan fingerprint density at radius 3 is 2.87 bits per heavy atom. The second kappa shape index (κ2) is 6.62. The third kappa shape index (κ3) is 3.57. The Balaban J connectivity index is 1.60. The minimum atomic E-state index is -0.516. The van der Waals surface area contributed by atoms with Gasteiger partial charge in [0.15, 0.2) is 11.6 Å². The van der Waals surface area contributed by atoms with Crippen molar-refractivity contribution in [2.24, 2.45) is 0 Å². The van der Waals surface area contributed by atoms with Crippen LogP contribution in [0.5, 0.6) is 5.75 Å². The van der Waals surface area contributed by atoms with Gasteiger partial charge in [0.1, 0.15) is 12.4 Å². The third-order valence-corrected chi connectivity index (χ3v) is 4.05. The van der Waals surface area contributed by atoms with Crippen molar-refractivity contribution < 1.29 is 14.3 Å². The zero-order valence-corrected chi connectivity index (χ0v) is 13.2. The highest BCUT2D eigenvalue weighted by Gasteiger charge is 2.09. The highest BCUT2D eigenvalue weighted by molar-refractivity contribution is 7.15. The van der Waals surface area contributed by atoms with Gasteiger partial charge in [-0.25, -0.2) is 9.78 Å². The maximum Gasteiger partial charge on any atom is 0.344 e. The molecule has 0 bridgehead atoms. The first-order chi connectivity index (χ1) is 11.1. The van der Waals surface area contributed by atoms with E-state index in [0.717, 1.165) is 5.69 Å². The van der Waals surface area contributed by atoms with Crippen LogP contribution in [0.2, 0.25) is 0 Å². The van der Waals surface area contributed by atoms with E-state index in [1.165, 1.54) is 21.8 Å². The summed E-state index contributed by atoms with van der Waals surface area (Å²) < 4.78 is 11.9. The molecule has 0 aliphatic rings. The molecule has 0 amide bonds. The molecule has 2 heterocycles. The van der Waals surface area contributed by atoms with E-state index in [1.807, 2.05) is 30.5 Å². The minimum Gasteiger partial charge on any atom is -0.482 e. The Kier molecular flexibility index (Phi) is 4.38. The summed E-state index contributed by atoms with van der Waals surface area (Å²) in [6.45, 7) is 1.59. The fourth-order valence-corrected chi connectivity index (χ4v) is 2.92. The van der Waals surface area contributed by atoms with Crippen LogP contribution in [0.4, 0.5) is 0 Å². The standard InChI is InChI=1S/C16H14N2O4S/c1-11-10-23-16-17-12(7-14(19)18(11)16)8-22-15(20)9-21-13-5-3-2-4-6-13/h2-7,10H,8-9H2,1H3. The zero-order chi connectivity index (χ0) is 16.2. The van der Waals surface area contributed by atoms with Crippen molar-refractivity contribution in [1.29, 1.82) is 0 Å². The molecule has 0 atom stereocenters. The first kappa shape index (κ1) is 15.2. The van der Waals surface area contributed by atoms with Gasteiger partial charge in [0, 0.05) is 17.1 Å². The topological polar surface area (TPSA) is 69.9 Å². The van der Waals surface area contributed by atoms with E-state index in [2.05, 4.69) is 4.98 Å². The number of benzene rings is 1. The molecule has 2 aromatic heterocycles. The number of aryl methyl sites for hydroxylation is 1. The molecule has 0 aliphatic heterocycles. The van der Waals surface area contributed by atoms with Crippen molar-refractivity contribution in [3.05, 3.63) is 63.5 Å². The number of para-hydroxylation sites is 1. The third-order valence-electron chi connectivity index (χ3n) is 3.11. The van der Waals surface area contributed by atoms with Gasteiger partial charge in [-0.3, -0.25) is 9.20 Å². The Bertz CT molecular complexity index is 886. The number of esters is 1. The van der Waals surface area contributed by atoms with Gasteiger partial charge in [-0.1, -0.05) is 18.2 Å². The molecule has 0 fully saturated rings. The van der Waals surface area contributed by atoms with Crippen LogP contribution in [0.3, 0.4) is 0 Å². The van der Waals surface area contributed by atoms with Crippen molar-refractivity contribution in [2.45, 2.75) is 13.5 Å². The van der Waals surface area contributed by atoms with Crippen LogP contribution >= 0.6 is 11.3 Å². The fraction of sp³-hybridized carbons (Fsp3) is 0.188. The van der Waals surface area contributed by atoms with Crippen molar-refractivity contribution in [2.75, 3.05) is 6.61 Å². The molecule has 23 heavy (non-hydrogen) atoms. The second-order valence-corrected chi connectivity index (χ2v) is 5.68. The van der Waals surface area contributed by atoms with Gasteiger partial charge < -0.3 is 9.47 Å². The van der Waals surface area contributed by atoms with Gasteiger partial charge in [-0.15, -0.1) is 11.3 Å². The summed E-state index contributed by atoms with van der Waals surface area (Å²) in [5.41, 5.74) is 1.08. The van der Waals surface area contributed by atoms with Crippen LogP contribution in [0, 0.1) is 6.92 Å². The van der Waals surface area contributed by atoms with Crippen LogP contribution in [-0.2, 0) is 16.1 Å². The van der Waals surface area contributed by atoms with Gasteiger partial charge >= 0.3 is 5.97 Å². The van der Waals surface area contributed by atoms with E-state index in [4.69, 9.17) is 9.47 Å². The summed E-state index contributed by atoms with van der Waals surface area (Å²) in [7, 11) is 0. The summed E-state index contributed by atoms with van der Waals surface area (Å²) in [5.74, 6) is 0.0783. The molecule has 3 aromatic rings. The van der Waals surface area contributed by atoms with Crippen LogP contribution < -0.4 is 10.3 Å². The van der Waals surface area contributed by atoms with Crippen LogP contribution in [-0.4, -0.2) is 22.0 Å². The molecule has 0 N–H and O–H groups in total. The van der Waals surface area contributed by atoms with Crippen LogP contribution in [0.1, 0.15) is 11.4 Å². The smallest absolute Gasteiger partial charge is 0.344 e. The second-order valence-electron chi connectivity index (χ2n) is 4.84. The van der Waals surface area contributed by atoms with E-state index in [9.17, 15) is 9.59 Å².